The third-order valence-electron chi connectivity index (χ3n) is 2.49. The molecule has 0 radical (unpaired) electrons. The smallest absolute Gasteiger partial charge is 0.151 e. The van der Waals surface area contributed by atoms with Crippen molar-refractivity contribution >= 4 is 11.6 Å². The van der Waals surface area contributed by atoms with E-state index in [-0.39, 0.29) is 18.2 Å². The number of hydrogen-bond acceptors (Lipinski definition) is 4. The summed E-state index contributed by atoms with van der Waals surface area (Å²) in [5.41, 5.74) is 12.8. The van der Waals surface area contributed by atoms with Crippen LogP contribution in [0.5, 0.6) is 0 Å². The van der Waals surface area contributed by atoms with E-state index in [1.807, 2.05) is 0 Å². The molecule has 0 amide bonds. The number of nitrogens with two attached hydrogens (primary N) is 2. The number of benzene rings is 1. The number of aromatic nitrogens is 2. The van der Waals surface area contributed by atoms with Gasteiger partial charge in [0.15, 0.2) is 5.82 Å². The van der Waals surface area contributed by atoms with Gasteiger partial charge in [-0.15, -0.1) is 5.10 Å². The van der Waals surface area contributed by atoms with Crippen molar-refractivity contribution < 1.29 is 9.50 Å². The summed E-state index contributed by atoms with van der Waals surface area (Å²) in [6.45, 7) is -0.0521. The van der Waals surface area contributed by atoms with Gasteiger partial charge in [-0.25, -0.2) is 9.07 Å². The van der Waals surface area contributed by atoms with E-state index in [0.717, 1.165) is 0 Å². The molecule has 0 fully saturated rings. The van der Waals surface area contributed by atoms with Gasteiger partial charge in [0, 0.05) is 18.6 Å². The van der Waals surface area contributed by atoms with Crippen LogP contribution >= 0.6 is 0 Å². The van der Waals surface area contributed by atoms with Crippen molar-refractivity contribution in [1.82, 2.24) is 9.78 Å². The normalized spacial score (nSPS) is 10.7. The number of hydrogen-bond donors (Lipinski definition) is 3. The van der Waals surface area contributed by atoms with Gasteiger partial charge >= 0.3 is 0 Å². The third-order valence-corrected chi connectivity index (χ3v) is 2.49. The van der Waals surface area contributed by atoms with Crippen molar-refractivity contribution in [3.8, 4) is 5.69 Å². The van der Waals surface area contributed by atoms with Crippen LogP contribution in [0.15, 0.2) is 24.3 Å². The summed E-state index contributed by atoms with van der Waals surface area (Å²) in [5.74, 6) is 0.312. The van der Waals surface area contributed by atoms with Gasteiger partial charge in [-0.05, 0) is 24.3 Å². The Hall–Kier alpha value is -2.08. The summed E-state index contributed by atoms with van der Waals surface area (Å²) >= 11 is 0. The molecular weight excluding hydrogens is 223 g/mol. The highest BCUT2D eigenvalue weighted by molar-refractivity contribution is 5.58. The maximum absolute atomic E-state index is 12.8. The van der Waals surface area contributed by atoms with Crippen molar-refractivity contribution in [2.45, 2.75) is 6.42 Å². The molecule has 1 heterocycles. The lowest BCUT2D eigenvalue weighted by Gasteiger charge is -2.04. The molecule has 0 unspecified atom stereocenters. The zero-order valence-electron chi connectivity index (χ0n) is 9.10. The molecule has 0 saturated heterocycles. The Labute approximate surface area is 97.5 Å². The molecule has 90 valence electrons. The molecule has 0 saturated carbocycles. The molecule has 0 bridgehead atoms. The summed E-state index contributed by atoms with van der Waals surface area (Å²) < 4.78 is 14.2. The highest BCUT2D eigenvalue weighted by Crippen LogP contribution is 2.23. The van der Waals surface area contributed by atoms with E-state index in [9.17, 15) is 4.39 Å². The predicted octanol–water partition coefficient (Wildman–Crippen LogP) is 0.711. The van der Waals surface area contributed by atoms with Crippen LogP contribution < -0.4 is 11.5 Å². The van der Waals surface area contributed by atoms with Gasteiger partial charge < -0.3 is 16.6 Å². The number of rotatable bonds is 3. The van der Waals surface area contributed by atoms with Gasteiger partial charge in [0.05, 0.1) is 5.69 Å². The molecule has 0 aliphatic rings. The molecule has 1 aromatic carbocycles. The molecule has 5 nitrogen and oxygen atoms in total. The van der Waals surface area contributed by atoms with Crippen molar-refractivity contribution in [2.24, 2.45) is 0 Å². The first-order valence-electron chi connectivity index (χ1n) is 5.13. The predicted molar refractivity (Wildman–Crippen MR) is 63.1 cm³/mol. The maximum Gasteiger partial charge on any atom is 0.151 e. The summed E-state index contributed by atoms with van der Waals surface area (Å²) in [5, 5.41) is 13.0. The SMILES string of the molecule is Nc1nn(-c2ccc(F)cc2)c(N)c1CCO. The Kier molecular flexibility index (Phi) is 2.97. The average Bonchev–Trinajstić information content (AvgIpc) is 2.59. The standard InChI is InChI=1S/C11H13FN4O/c12-7-1-3-8(4-2-7)16-11(14)9(5-6-17)10(13)15-16/h1-4,17H,5-6,14H2,(H2,13,15). The highest BCUT2D eigenvalue weighted by Gasteiger charge is 2.13. The zero-order chi connectivity index (χ0) is 12.4. The van der Waals surface area contributed by atoms with E-state index in [1.165, 1.54) is 16.8 Å². The molecule has 0 aliphatic heterocycles. The Morgan fingerprint density at radius 2 is 1.88 bits per heavy atom. The Morgan fingerprint density at radius 1 is 1.24 bits per heavy atom. The van der Waals surface area contributed by atoms with Crippen LogP contribution in [0.2, 0.25) is 0 Å². The minimum atomic E-state index is -0.331. The summed E-state index contributed by atoms with van der Waals surface area (Å²) in [7, 11) is 0. The van der Waals surface area contributed by atoms with E-state index in [0.29, 0.717) is 23.5 Å². The number of anilines is 2. The van der Waals surface area contributed by atoms with Crippen molar-refractivity contribution in [3.63, 3.8) is 0 Å². The fourth-order valence-electron chi connectivity index (χ4n) is 1.63. The molecule has 0 aliphatic carbocycles. The topological polar surface area (TPSA) is 90.1 Å². The minimum absolute atomic E-state index is 0.0521. The molecule has 17 heavy (non-hydrogen) atoms. The van der Waals surface area contributed by atoms with Gasteiger partial charge in [-0.1, -0.05) is 0 Å². The number of nitrogens with zero attached hydrogens (tertiary/aromatic N) is 2. The lowest BCUT2D eigenvalue weighted by Crippen LogP contribution is -2.03. The summed E-state index contributed by atoms with van der Waals surface area (Å²) in [6.07, 6.45) is 0.346. The van der Waals surface area contributed by atoms with Crippen LogP contribution in [-0.2, 0) is 6.42 Å². The van der Waals surface area contributed by atoms with Crippen molar-refractivity contribution in [2.75, 3.05) is 18.1 Å². The largest absolute Gasteiger partial charge is 0.396 e. The van der Waals surface area contributed by atoms with E-state index >= 15 is 0 Å². The maximum atomic E-state index is 12.8. The van der Waals surface area contributed by atoms with Gasteiger partial charge in [-0.2, -0.15) is 0 Å². The molecular formula is C11H13FN4O. The second-order valence-corrected chi connectivity index (χ2v) is 3.61. The van der Waals surface area contributed by atoms with Gasteiger partial charge in [0.25, 0.3) is 0 Å². The first-order chi connectivity index (χ1) is 8.13. The molecule has 2 aromatic rings. The first-order valence-corrected chi connectivity index (χ1v) is 5.13. The lowest BCUT2D eigenvalue weighted by molar-refractivity contribution is 0.300. The Balaban J connectivity index is 2.46. The Bertz CT molecular complexity index is 521. The van der Waals surface area contributed by atoms with Crippen LogP contribution in [0.25, 0.3) is 5.69 Å². The molecule has 6 heteroatoms. The van der Waals surface area contributed by atoms with E-state index in [4.69, 9.17) is 16.6 Å². The molecule has 2 rings (SSSR count). The van der Waals surface area contributed by atoms with Crippen LogP contribution in [-0.4, -0.2) is 21.5 Å². The number of aliphatic hydroxyl groups is 1. The molecule has 5 N–H and O–H groups in total. The highest BCUT2D eigenvalue weighted by atomic mass is 19.1. The average molecular weight is 236 g/mol. The fraction of sp³-hybridized carbons (Fsp3) is 0.182. The second-order valence-electron chi connectivity index (χ2n) is 3.61. The van der Waals surface area contributed by atoms with Crippen molar-refractivity contribution in [1.29, 1.82) is 0 Å². The van der Waals surface area contributed by atoms with Gasteiger partial charge in [0.1, 0.15) is 11.6 Å². The molecule has 1 aromatic heterocycles. The third kappa shape index (κ3) is 2.07. The number of aliphatic hydroxyl groups excluding tert-OH is 1. The zero-order valence-corrected chi connectivity index (χ0v) is 9.10. The van der Waals surface area contributed by atoms with Gasteiger partial charge in [-0.3, -0.25) is 0 Å². The monoisotopic (exact) mass is 236 g/mol. The fourth-order valence-corrected chi connectivity index (χ4v) is 1.63. The lowest BCUT2D eigenvalue weighted by atomic mass is 10.2. The van der Waals surface area contributed by atoms with Crippen LogP contribution in [0, 0.1) is 5.82 Å². The summed E-state index contributed by atoms with van der Waals surface area (Å²) in [6, 6.07) is 5.75. The van der Waals surface area contributed by atoms with E-state index < -0.39 is 0 Å². The minimum Gasteiger partial charge on any atom is -0.396 e. The number of nitrogen functional groups attached to an aromatic ring is 2. The van der Waals surface area contributed by atoms with Crippen LogP contribution in [0.3, 0.4) is 0 Å². The van der Waals surface area contributed by atoms with Crippen molar-refractivity contribution in [3.05, 3.63) is 35.6 Å². The first kappa shape index (κ1) is 11.4. The Morgan fingerprint density at radius 3 is 2.47 bits per heavy atom. The van der Waals surface area contributed by atoms with Crippen LogP contribution in [0.4, 0.5) is 16.0 Å². The van der Waals surface area contributed by atoms with E-state index in [1.54, 1.807) is 12.1 Å². The van der Waals surface area contributed by atoms with E-state index in [2.05, 4.69) is 5.10 Å². The quantitative estimate of drug-likeness (QED) is 0.732. The molecule has 0 spiro atoms. The van der Waals surface area contributed by atoms with Crippen LogP contribution in [0.1, 0.15) is 5.56 Å². The number of halogens is 1. The van der Waals surface area contributed by atoms with Gasteiger partial charge in [0.2, 0.25) is 0 Å². The summed E-state index contributed by atoms with van der Waals surface area (Å²) in [4.78, 5) is 0. The molecule has 0 atom stereocenters. The second kappa shape index (κ2) is 4.42.